The van der Waals surface area contributed by atoms with Crippen molar-refractivity contribution in [1.29, 1.82) is 0 Å². The summed E-state index contributed by atoms with van der Waals surface area (Å²) in [7, 11) is -4.17. The van der Waals surface area contributed by atoms with Gasteiger partial charge in [-0.05, 0) is 39.6 Å². The molecule has 2 rings (SSSR count). The Kier molecular flexibility index (Phi) is 10.9. The number of rotatable bonds is 11. The highest BCUT2D eigenvalue weighted by Crippen LogP contribution is 2.50. The lowest BCUT2D eigenvalue weighted by molar-refractivity contribution is -0.692. The molecule has 27 heavy (non-hydrogen) atoms. The third-order valence-corrected chi connectivity index (χ3v) is 4.88. The molecule has 0 spiro atoms. The van der Waals surface area contributed by atoms with Crippen LogP contribution in [0, 0.1) is 0 Å². The van der Waals surface area contributed by atoms with Gasteiger partial charge in [0.05, 0.1) is 6.61 Å². The second-order valence-electron chi connectivity index (χ2n) is 6.02. The van der Waals surface area contributed by atoms with Gasteiger partial charge in [-0.25, -0.2) is 9.45 Å². The van der Waals surface area contributed by atoms with Crippen LogP contribution < -0.4 is 4.89 Å². The van der Waals surface area contributed by atoms with Gasteiger partial charge < -0.3 is 4.89 Å². The molecule has 1 atom stereocenters. The Morgan fingerprint density at radius 3 is 2.59 bits per heavy atom. The average molecular weight is 406 g/mol. The molecule has 1 unspecified atom stereocenters. The smallest absolute Gasteiger partial charge is 0.327 e. The van der Waals surface area contributed by atoms with Crippen LogP contribution in [0.25, 0.3) is 0 Å². The minimum absolute atomic E-state index is 0.0745. The molecular weight excluding hydrogens is 379 g/mol. The number of hydrogen-bond donors (Lipinski definition) is 0. The first-order chi connectivity index (χ1) is 13.2. The molecule has 0 amide bonds. The van der Waals surface area contributed by atoms with Crippen LogP contribution in [-0.2, 0) is 44.9 Å². The number of para-hydroxylation sites is 1. The van der Waals surface area contributed by atoms with Gasteiger partial charge in [0.25, 0.3) is 0 Å². The van der Waals surface area contributed by atoms with Crippen molar-refractivity contribution in [3.63, 3.8) is 0 Å². The summed E-state index contributed by atoms with van der Waals surface area (Å²) in [6.07, 6.45) is 9.32. The van der Waals surface area contributed by atoms with E-state index in [9.17, 15) is 4.57 Å². The summed E-state index contributed by atoms with van der Waals surface area (Å²) in [6, 6.07) is 7.33. The van der Waals surface area contributed by atoms with Crippen molar-refractivity contribution in [3.05, 3.63) is 29.8 Å². The van der Waals surface area contributed by atoms with Crippen molar-refractivity contribution in [2.45, 2.75) is 58.3 Å². The largest absolute Gasteiger partial charge is 0.540 e. The molecule has 1 fully saturated rings. The first-order valence-electron chi connectivity index (χ1n) is 9.23. The monoisotopic (exact) mass is 406 g/mol. The third-order valence-electron chi connectivity index (χ3n) is 3.88. The molecule has 1 saturated heterocycles. The van der Waals surface area contributed by atoms with Gasteiger partial charge in [-0.2, -0.15) is 0 Å². The molecule has 0 aromatic heterocycles. The first-order valence-corrected chi connectivity index (χ1v) is 10.7. The normalized spacial score (nSPS) is 21.2. The van der Waals surface area contributed by atoms with Crippen LogP contribution in [0.4, 0.5) is 0 Å². The lowest BCUT2D eigenvalue weighted by Gasteiger charge is -2.14. The molecular formula is C17H27O9P. The number of hydrogen-bond acceptors (Lipinski definition) is 9. The third kappa shape index (κ3) is 9.14. The van der Waals surface area contributed by atoms with Crippen LogP contribution in [0.5, 0.6) is 5.75 Å². The van der Waals surface area contributed by atoms with Gasteiger partial charge in [-0.15, -0.1) is 0 Å². The number of unbranched alkanes of at least 4 members (excludes halogenated alkanes) is 6. The molecule has 1 aliphatic heterocycles. The van der Waals surface area contributed by atoms with E-state index >= 15 is 0 Å². The van der Waals surface area contributed by atoms with Gasteiger partial charge in [0.2, 0.25) is 0 Å². The van der Waals surface area contributed by atoms with Crippen molar-refractivity contribution < 1.29 is 43.3 Å². The average Bonchev–Trinajstić information content (AvgIpc) is 2.79. The van der Waals surface area contributed by atoms with Crippen molar-refractivity contribution in [2.24, 2.45) is 0 Å². The van der Waals surface area contributed by atoms with Crippen molar-refractivity contribution in [3.8, 4) is 5.75 Å². The standard InChI is InChI=1S/C17H27O9P/c1-2-3-4-5-6-7-8-11-16-12-9-10-13-17(16)21-25-27(18)20-15-14-19-22-23-24-26-27/h9-10,12-13H,2-8,11,14-15H2,1H3. The maximum absolute atomic E-state index is 12.3. The molecule has 0 radical (unpaired) electrons. The Hall–Kier alpha value is -1.03. The minimum Gasteiger partial charge on any atom is -0.327 e. The lowest BCUT2D eigenvalue weighted by atomic mass is 10.0. The summed E-state index contributed by atoms with van der Waals surface area (Å²) in [4.78, 5) is 9.64. The molecule has 0 N–H and O–H groups in total. The molecule has 0 aliphatic carbocycles. The summed E-state index contributed by atoms with van der Waals surface area (Å²) in [6.45, 7) is 1.99. The Morgan fingerprint density at radius 1 is 0.963 bits per heavy atom. The predicted octanol–water partition coefficient (Wildman–Crippen LogP) is 5.17. The van der Waals surface area contributed by atoms with Crippen LogP contribution in [0.1, 0.15) is 57.4 Å². The van der Waals surface area contributed by atoms with E-state index in [0.717, 1.165) is 24.8 Å². The molecule has 0 saturated carbocycles. The molecule has 1 aliphatic rings. The van der Waals surface area contributed by atoms with Gasteiger partial charge in [-0.3, -0.25) is 4.52 Å². The second-order valence-corrected chi connectivity index (χ2v) is 7.47. The molecule has 1 aromatic rings. The van der Waals surface area contributed by atoms with Gasteiger partial charge in [0.1, 0.15) is 6.61 Å². The number of benzene rings is 1. The van der Waals surface area contributed by atoms with E-state index in [1.54, 1.807) is 12.1 Å². The summed E-state index contributed by atoms with van der Waals surface area (Å²) < 4.78 is 26.5. The van der Waals surface area contributed by atoms with Crippen molar-refractivity contribution >= 4 is 7.82 Å². The number of phosphoric acid groups is 1. The molecule has 10 heteroatoms. The predicted molar refractivity (Wildman–Crippen MR) is 93.7 cm³/mol. The molecule has 1 heterocycles. The molecule has 9 nitrogen and oxygen atoms in total. The van der Waals surface area contributed by atoms with Crippen LogP contribution in [0.3, 0.4) is 0 Å². The van der Waals surface area contributed by atoms with Crippen LogP contribution >= 0.6 is 7.82 Å². The highest BCUT2D eigenvalue weighted by atomic mass is 31.2. The van der Waals surface area contributed by atoms with Crippen LogP contribution in [-0.4, -0.2) is 13.2 Å². The maximum atomic E-state index is 12.3. The zero-order valence-electron chi connectivity index (χ0n) is 15.5. The van der Waals surface area contributed by atoms with E-state index in [1.165, 1.54) is 32.1 Å². The second kappa shape index (κ2) is 13.2. The Balaban J connectivity index is 1.79. The SMILES string of the molecule is CCCCCCCCCc1ccccc1OOP1(=O)OCCOOOOO1. The van der Waals surface area contributed by atoms with E-state index in [-0.39, 0.29) is 13.2 Å². The van der Waals surface area contributed by atoms with E-state index in [0.29, 0.717) is 5.75 Å². The van der Waals surface area contributed by atoms with Crippen LogP contribution in [0.2, 0.25) is 0 Å². The molecule has 1 aromatic carbocycles. The quantitative estimate of drug-likeness (QED) is 0.213. The van der Waals surface area contributed by atoms with E-state index < -0.39 is 7.82 Å². The fourth-order valence-electron chi connectivity index (χ4n) is 2.50. The van der Waals surface area contributed by atoms with E-state index in [2.05, 4.69) is 31.6 Å². The zero-order chi connectivity index (χ0) is 19.2. The highest BCUT2D eigenvalue weighted by molar-refractivity contribution is 7.48. The highest BCUT2D eigenvalue weighted by Gasteiger charge is 2.33. The first kappa shape index (κ1) is 22.3. The summed E-state index contributed by atoms with van der Waals surface area (Å²) in [5, 5.41) is 12.1. The van der Waals surface area contributed by atoms with Crippen molar-refractivity contribution in [2.75, 3.05) is 13.2 Å². The van der Waals surface area contributed by atoms with Gasteiger partial charge in [-0.1, -0.05) is 73.0 Å². The van der Waals surface area contributed by atoms with Gasteiger partial charge >= 0.3 is 7.82 Å². The van der Waals surface area contributed by atoms with Gasteiger partial charge in [0, 0.05) is 0 Å². The lowest BCUT2D eigenvalue weighted by Crippen LogP contribution is -2.06. The topological polar surface area (TPSA) is 90.9 Å². The minimum atomic E-state index is -4.17. The maximum Gasteiger partial charge on any atom is 0.540 e. The molecule has 0 bridgehead atoms. The zero-order valence-corrected chi connectivity index (χ0v) is 16.4. The summed E-state index contributed by atoms with van der Waals surface area (Å²) in [5.74, 6) is 0.430. The van der Waals surface area contributed by atoms with Crippen LogP contribution in [0.15, 0.2) is 24.3 Å². The summed E-state index contributed by atoms with van der Waals surface area (Å²) in [5.41, 5.74) is 0.936. The van der Waals surface area contributed by atoms with Crippen molar-refractivity contribution in [1.82, 2.24) is 0 Å². The Bertz CT molecular complexity index is 555. The number of aryl methyl sites for hydroxylation is 1. The van der Waals surface area contributed by atoms with Gasteiger partial charge in [0.15, 0.2) is 5.75 Å². The Morgan fingerprint density at radius 2 is 1.74 bits per heavy atom. The summed E-state index contributed by atoms with van der Waals surface area (Å²) >= 11 is 0. The van der Waals surface area contributed by atoms with E-state index in [4.69, 9.17) is 14.1 Å². The molecule has 154 valence electrons. The Labute approximate surface area is 159 Å². The fraction of sp³-hybridized carbons (Fsp3) is 0.647. The fourth-order valence-corrected chi connectivity index (χ4v) is 3.18. The van der Waals surface area contributed by atoms with E-state index in [1.807, 2.05) is 12.1 Å².